The summed E-state index contributed by atoms with van der Waals surface area (Å²) < 4.78 is 1.01. The lowest BCUT2D eigenvalue weighted by molar-refractivity contribution is -0.117. The van der Waals surface area contributed by atoms with Crippen molar-refractivity contribution in [2.24, 2.45) is 0 Å². The van der Waals surface area contributed by atoms with Crippen LogP contribution in [-0.2, 0) is 11.3 Å². The minimum atomic E-state index is 0.0113. The minimum Gasteiger partial charge on any atom is -0.378 e. The van der Waals surface area contributed by atoms with Crippen LogP contribution in [0.15, 0.2) is 46.9 Å². The van der Waals surface area contributed by atoms with Crippen molar-refractivity contribution < 1.29 is 4.79 Å². The fourth-order valence-electron chi connectivity index (χ4n) is 2.60. The van der Waals surface area contributed by atoms with E-state index in [2.05, 4.69) is 62.2 Å². The number of hydrogen-bond donors (Lipinski definition) is 1. The number of likely N-dealkylation sites (N-methyl/N-ethyl adjacent to an activating group) is 1. The molecule has 1 N–H and O–H groups in total. The van der Waals surface area contributed by atoms with Crippen molar-refractivity contribution in [1.82, 2.24) is 4.90 Å². The highest BCUT2D eigenvalue weighted by Crippen LogP contribution is 2.20. The monoisotopic (exact) mass is 403 g/mol. The van der Waals surface area contributed by atoms with Crippen LogP contribution in [0, 0.1) is 6.92 Å². The molecule has 5 heteroatoms. The first kappa shape index (κ1) is 19.5. The number of nitrogens with one attached hydrogen (secondary N) is 1. The Morgan fingerprint density at radius 2 is 1.80 bits per heavy atom. The quantitative estimate of drug-likeness (QED) is 0.748. The highest BCUT2D eigenvalue weighted by atomic mass is 79.9. The Hall–Kier alpha value is -1.85. The summed E-state index contributed by atoms with van der Waals surface area (Å²) in [5.41, 5.74) is 4.29. The molecule has 0 spiro atoms. The summed E-state index contributed by atoms with van der Waals surface area (Å²) in [6.07, 6.45) is 0. The molecule has 0 radical (unpaired) electrons. The molecule has 0 saturated carbocycles. The van der Waals surface area contributed by atoms with E-state index in [4.69, 9.17) is 0 Å². The fraction of sp³-hybridized carbons (Fsp3) is 0.350. The van der Waals surface area contributed by atoms with E-state index >= 15 is 0 Å². The molecule has 2 aromatic carbocycles. The van der Waals surface area contributed by atoms with Gasteiger partial charge < -0.3 is 10.2 Å². The molecule has 2 rings (SSSR count). The molecule has 0 unspecified atom stereocenters. The van der Waals surface area contributed by atoms with Crippen LogP contribution in [0.1, 0.15) is 18.1 Å². The number of benzene rings is 2. The molecular formula is C20H26BrN3O. The first-order valence-corrected chi connectivity index (χ1v) is 9.23. The van der Waals surface area contributed by atoms with Crippen molar-refractivity contribution in [2.75, 3.05) is 37.4 Å². The summed E-state index contributed by atoms with van der Waals surface area (Å²) in [6, 6.07) is 14.3. The number of nitrogens with zero attached hydrogens (tertiary/aromatic N) is 2. The number of carbonyl (C=O) groups is 1. The summed E-state index contributed by atoms with van der Waals surface area (Å²) in [5, 5.41) is 3.00. The van der Waals surface area contributed by atoms with Crippen molar-refractivity contribution in [3.63, 3.8) is 0 Å². The highest BCUT2D eigenvalue weighted by Gasteiger charge is 2.11. The predicted octanol–water partition coefficient (Wildman–Crippen LogP) is 4.28. The van der Waals surface area contributed by atoms with Crippen LogP contribution in [-0.4, -0.2) is 38.0 Å². The Morgan fingerprint density at radius 1 is 1.12 bits per heavy atom. The summed E-state index contributed by atoms with van der Waals surface area (Å²) in [7, 11) is 4.06. The second kappa shape index (κ2) is 9.02. The minimum absolute atomic E-state index is 0.0113. The Bertz CT molecular complexity index is 713. The van der Waals surface area contributed by atoms with Gasteiger partial charge in [-0.3, -0.25) is 9.69 Å². The van der Waals surface area contributed by atoms with Crippen LogP contribution in [0.5, 0.6) is 0 Å². The average Bonchev–Trinajstić information content (AvgIpc) is 2.57. The maximum absolute atomic E-state index is 12.4. The molecule has 0 bridgehead atoms. The van der Waals surface area contributed by atoms with Crippen LogP contribution in [0.25, 0.3) is 0 Å². The first-order chi connectivity index (χ1) is 11.9. The van der Waals surface area contributed by atoms with E-state index < -0.39 is 0 Å². The topological polar surface area (TPSA) is 35.6 Å². The number of halogens is 1. The van der Waals surface area contributed by atoms with Gasteiger partial charge in [0.25, 0.3) is 0 Å². The lowest BCUT2D eigenvalue weighted by atomic mass is 10.2. The first-order valence-electron chi connectivity index (χ1n) is 8.43. The normalized spacial score (nSPS) is 10.8. The molecule has 0 saturated heterocycles. The molecule has 134 valence electrons. The van der Waals surface area contributed by atoms with Crippen molar-refractivity contribution in [3.05, 3.63) is 58.1 Å². The molecule has 0 aromatic heterocycles. The molecule has 0 fully saturated rings. The van der Waals surface area contributed by atoms with E-state index in [1.807, 2.05) is 39.2 Å². The van der Waals surface area contributed by atoms with Gasteiger partial charge in [0.05, 0.1) is 6.54 Å². The van der Waals surface area contributed by atoms with E-state index in [0.29, 0.717) is 6.54 Å². The van der Waals surface area contributed by atoms with E-state index in [0.717, 1.165) is 28.8 Å². The number of amides is 1. The molecule has 4 nitrogen and oxygen atoms in total. The van der Waals surface area contributed by atoms with Gasteiger partial charge in [0, 0.05) is 36.5 Å². The summed E-state index contributed by atoms with van der Waals surface area (Å²) in [4.78, 5) is 16.6. The number of aryl methyl sites for hydroxylation is 1. The van der Waals surface area contributed by atoms with Gasteiger partial charge in [-0.15, -0.1) is 0 Å². The maximum atomic E-state index is 12.4. The van der Waals surface area contributed by atoms with E-state index in [1.54, 1.807) is 0 Å². The predicted molar refractivity (Wildman–Crippen MR) is 109 cm³/mol. The third-order valence-corrected chi connectivity index (χ3v) is 4.63. The molecule has 0 aliphatic carbocycles. The van der Waals surface area contributed by atoms with Gasteiger partial charge in [0.2, 0.25) is 5.91 Å². The van der Waals surface area contributed by atoms with Crippen LogP contribution in [0.4, 0.5) is 11.4 Å². The molecular weight excluding hydrogens is 378 g/mol. The standard InChI is InChI=1S/C20H26BrN3O/c1-5-24(13-16-6-9-18(10-7-16)23(3)4)14-20(25)22-19-11-8-17(21)12-15(19)2/h6-12H,5,13-14H2,1-4H3,(H,22,25). The molecule has 1 amide bonds. The molecule has 0 aliphatic heterocycles. The van der Waals surface area contributed by atoms with Crippen LogP contribution < -0.4 is 10.2 Å². The fourth-order valence-corrected chi connectivity index (χ4v) is 3.07. The van der Waals surface area contributed by atoms with E-state index in [9.17, 15) is 4.79 Å². The van der Waals surface area contributed by atoms with Gasteiger partial charge in [0.1, 0.15) is 0 Å². The Kier molecular flexibility index (Phi) is 7.02. The summed E-state index contributed by atoms with van der Waals surface area (Å²) >= 11 is 3.44. The van der Waals surface area contributed by atoms with Gasteiger partial charge in [-0.25, -0.2) is 0 Å². The number of rotatable bonds is 7. The maximum Gasteiger partial charge on any atom is 0.238 e. The zero-order chi connectivity index (χ0) is 18.4. The van der Waals surface area contributed by atoms with Gasteiger partial charge in [-0.2, -0.15) is 0 Å². The summed E-state index contributed by atoms with van der Waals surface area (Å²) in [5.74, 6) is 0.0113. The Morgan fingerprint density at radius 3 is 2.36 bits per heavy atom. The zero-order valence-electron chi connectivity index (χ0n) is 15.3. The largest absolute Gasteiger partial charge is 0.378 e. The Labute approximate surface area is 159 Å². The van der Waals surface area contributed by atoms with Crippen molar-refractivity contribution in [1.29, 1.82) is 0 Å². The van der Waals surface area contributed by atoms with Gasteiger partial charge in [-0.05, 0) is 54.9 Å². The van der Waals surface area contributed by atoms with Gasteiger partial charge in [0.15, 0.2) is 0 Å². The Balaban J connectivity index is 1.95. The average molecular weight is 404 g/mol. The molecule has 0 heterocycles. The zero-order valence-corrected chi connectivity index (χ0v) is 16.9. The van der Waals surface area contributed by atoms with Gasteiger partial charge >= 0.3 is 0 Å². The van der Waals surface area contributed by atoms with Gasteiger partial charge in [-0.1, -0.05) is 35.0 Å². The number of hydrogen-bond acceptors (Lipinski definition) is 3. The smallest absolute Gasteiger partial charge is 0.238 e. The highest BCUT2D eigenvalue weighted by molar-refractivity contribution is 9.10. The second-order valence-corrected chi connectivity index (χ2v) is 7.29. The molecule has 2 aromatic rings. The third kappa shape index (κ3) is 5.87. The van der Waals surface area contributed by atoms with Crippen molar-refractivity contribution in [3.8, 4) is 0 Å². The van der Waals surface area contributed by atoms with E-state index in [-0.39, 0.29) is 5.91 Å². The molecule has 25 heavy (non-hydrogen) atoms. The SMILES string of the molecule is CCN(CC(=O)Nc1ccc(Br)cc1C)Cc1ccc(N(C)C)cc1. The van der Waals surface area contributed by atoms with Crippen molar-refractivity contribution >= 4 is 33.2 Å². The van der Waals surface area contributed by atoms with Crippen LogP contribution >= 0.6 is 15.9 Å². The summed E-state index contributed by atoms with van der Waals surface area (Å²) in [6.45, 7) is 6.02. The third-order valence-electron chi connectivity index (χ3n) is 4.14. The lowest BCUT2D eigenvalue weighted by Gasteiger charge is -2.21. The van der Waals surface area contributed by atoms with Crippen molar-refractivity contribution in [2.45, 2.75) is 20.4 Å². The van der Waals surface area contributed by atoms with E-state index in [1.165, 1.54) is 11.3 Å². The number of anilines is 2. The van der Waals surface area contributed by atoms with Crippen LogP contribution in [0.3, 0.4) is 0 Å². The second-order valence-electron chi connectivity index (χ2n) is 6.37. The lowest BCUT2D eigenvalue weighted by Crippen LogP contribution is -2.32. The molecule has 0 atom stereocenters. The number of carbonyl (C=O) groups excluding carboxylic acids is 1. The molecule has 0 aliphatic rings. The van der Waals surface area contributed by atoms with Crippen LogP contribution in [0.2, 0.25) is 0 Å².